The third-order valence-electron chi connectivity index (χ3n) is 3.01. The zero-order valence-electron chi connectivity index (χ0n) is 11.6. The lowest BCUT2D eigenvalue weighted by Gasteiger charge is -2.23. The molecule has 1 rings (SSSR count). The Balaban J connectivity index is 2.72. The lowest BCUT2D eigenvalue weighted by molar-refractivity contribution is 0.132. The molecule has 0 radical (unpaired) electrons. The number of rotatable bonds is 5. The first-order chi connectivity index (χ1) is 7.91. The maximum atomic E-state index is 10.2. The van der Waals surface area contributed by atoms with E-state index >= 15 is 0 Å². The monoisotopic (exact) mass is 235 g/mol. The molecule has 0 bridgehead atoms. The van der Waals surface area contributed by atoms with Crippen molar-refractivity contribution in [3.63, 3.8) is 0 Å². The first kappa shape index (κ1) is 14.2. The van der Waals surface area contributed by atoms with Crippen LogP contribution in [0.25, 0.3) is 0 Å². The van der Waals surface area contributed by atoms with Crippen LogP contribution in [-0.4, -0.2) is 17.2 Å². The number of benzene rings is 1. The Bertz CT molecular complexity index is 329. The first-order valence-corrected chi connectivity index (χ1v) is 6.45. The summed E-state index contributed by atoms with van der Waals surface area (Å²) in [6, 6.07) is 8.71. The van der Waals surface area contributed by atoms with Crippen LogP contribution in [0.5, 0.6) is 0 Å². The number of aliphatic hydroxyl groups is 1. The Kier molecular flexibility index (Phi) is 5.16. The zero-order valence-corrected chi connectivity index (χ0v) is 11.6. The predicted octanol–water partition coefficient (Wildman–Crippen LogP) is 3.23. The van der Waals surface area contributed by atoms with Crippen LogP contribution in [0.15, 0.2) is 24.3 Å². The molecule has 2 nitrogen and oxygen atoms in total. The fourth-order valence-electron chi connectivity index (χ4n) is 1.98. The van der Waals surface area contributed by atoms with E-state index < -0.39 is 6.10 Å². The lowest BCUT2D eigenvalue weighted by Crippen LogP contribution is -2.36. The van der Waals surface area contributed by atoms with Crippen molar-refractivity contribution in [2.24, 2.45) is 0 Å². The molecule has 1 aromatic rings. The van der Waals surface area contributed by atoms with E-state index in [1.165, 1.54) is 5.56 Å². The van der Waals surface area contributed by atoms with Gasteiger partial charge in [-0.1, -0.05) is 52.0 Å². The van der Waals surface area contributed by atoms with Gasteiger partial charge in [-0.2, -0.15) is 0 Å². The van der Waals surface area contributed by atoms with Crippen LogP contribution < -0.4 is 5.32 Å². The molecule has 0 fully saturated rings. The van der Waals surface area contributed by atoms with E-state index in [0.29, 0.717) is 12.0 Å². The third-order valence-corrected chi connectivity index (χ3v) is 3.01. The van der Waals surface area contributed by atoms with Crippen molar-refractivity contribution in [1.82, 2.24) is 5.32 Å². The summed E-state index contributed by atoms with van der Waals surface area (Å²) in [6.45, 7) is 10.5. The predicted molar refractivity (Wildman–Crippen MR) is 73.2 cm³/mol. The lowest BCUT2D eigenvalue weighted by atomic mass is 9.97. The summed E-state index contributed by atoms with van der Waals surface area (Å²) in [5.41, 5.74) is 2.29. The largest absolute Gasteiger partial charge is 0.387 e. The van der Waals surface area contributed by atoms with Crippen molar-refractivity contribution in [2.45, 2.75) is 58.7 Å². The topological polar surface area (TPSA) is 32.3 Å². The molecule has 0 aliphatic rings. The molecule has 2 atom stereocenters. The summed E-state index contributed by atoms with van der Waals surface area (Å²) in [4.78, 5) is 0. The Morgan fingerprint density at radius 1 is 0.882 bits per heavy atom. The van der Waals surface area contributed by atoms with E-state index in [0.717, 1.165) is 5.56 Å². The van der Waals surface area contributed by atoms with Crippen LogP contribution in [0, 0.1) is 0 Å². The summed E-state index contributed by atoms with van der Waals surface area (Å²) in [6.07, 6.45) is -0.446. The van der Waals surface area contributed by atoms with Gasteiger partial charge in [0.1, 0.15) is 0 Å². The average molecular weight is 235 g/mol. The third kappa shape index (κ3) is 4.14. The highest BCUT2D eigenvalue weighted by molar-refractivity contribution is 5.26. The molecule has 0 heterocycles. The van der Waals surface area contributed by atoms with E-state index in [4.69, 9.17) is 0 Å². The maximum Gasteiger partial charge on any atom is 0.0940 e. The highest BCUT2D eigenvalue weighted by Crippen LogP contribution is 2.20. The van der Waals surface area contributed by atoms with Crippen LogP contribution in [-0.2, 0) is 0 Å². The average Bonchev–Trinajstić information content (AvgIpc) is 2.27. The Labute approximate surface area is 105 Å². The summed E-state index contributed by atoms with van der Waals surface area (Å²) in [7, 11) is 0. The van der Waals surface area contributed by atoms with E-state index in [-0.39, 0.29) is 6.04 Å². The fraction of sp³-hybridized carbons (Fsp3) is 0.600. The highest BCUT2D eigenvalue weighted by atomic mass is 16.3. The van der Waals surface area contributed by atoms with Crippen LogP contribution in [0.2, 0.25) is 0 Å². The van der Waals surface area contributed by atoms with Gasteiger partial charge in [0.05, 0.1) is 6.10 Å². The molecule has 0 aliphatic carbocycles. The Hall–Kier alpha value is -0.860. The van der Waals surface area contributed by atoms with E-state index in [2.05, 4.69) is 45.1 Å². The van der Waals surface area contributed by atoms with Crippen molar-refractivity contribution in [1.29, 1.82) is 0 Å². The minimum atomic E-state index is -0.446. The van der Waals surface area contributed by atoms with Crippen molar-refractivity contribution >= 4 is 0 Å². The standard InChI is InChI=1S/C15H25NO/c1-10(2)13-6-8-14(9-7-13)15(17)12(5)16-11(3)4/h6-12,15-17H,1-5H3. The van der Waals surface area contributed by atoms with Crippen LogP contribution >= 0.6 is 0 Å². The summed E-state index contributed by atoms with van der Waals surface area (Å²) in [5.74, 6) is 0.535. The SMILES string of the molecule is CC(C)NC(C)C(O)c1ccc(C(C)C)cc1. The fourth-order valence-corrected chi connectivity index (χ4v) is 1.98. The molecule has 1 aromatic carbocycles. The molecule has 0 amide bonds. The number of hydrogen-bond donors (Lipinski definition) is 2. The molecule has 17 heavy (non-hydrogen) atoms. The minimum absolute atomic E-state index is 0.0694. The maximum absolute atomic E-state index is 10.2. The normalized spacial score (nSPS) is 15.3. The summed E-state index contributed by atoms with van der Waals surface area (Å²) < 4.78 is 0. The number of aliphatic hydroxyl groups excluding tert-OH is 1. The minimum Gasteiger partial charge on any atom is -0.387 e. The second kappa shape index (κ2) is 6.18. The van der Waals surface area contributed by atoms with Crippen LogP contribution in [0.3, 0.4) is 0 Å². The van der Waals surface area contributed by atoms with Crippen molar-refractivity contribution in [2.75, 3.05) is 0 Å². The van der Waals surface area contributed by atoms with Gasteiger partial charge in [-0.15, -0.1) is 0 Å². The second-order valence-corrected chi connectivity index (χ2v) is 5.38. The van der Waals surface area contributed by atoms with Gasteiger partial charge in [0.15, 0.2) is 0 Å². The first-order valence-electron chi connectivity index (χ1n) is 6.45. The van der Waals surface area contributed by atoms with Gasteiger partial charge in [-0.25, -0.2) is 0 Å². The molecule has 2 N–H and O–H groups in total. The van der Waals surface area contributed by atoms with Gasteiger partial charge in [-0.05, 0) is 24.0 Å². The number of hydrogen-bond acceptors (Lipinski definition) is 2. The molecule has 2 heteroatoms. The zero-order chi connectivity index (χ0) is 13.0. The van der Waals surface area contributed by atoms with Gasteiger partial charge < -0.3 is 10.4 Å². The van der Waals surface area contributed by atoms with Crippen LogP contribution in [0.4, 0.5) is 0 Å². The van der Waals surface area contributed by atoms with Crippen molar-refractivity contribution in [3.05, 3.63) is 35.4 Å². The van der Waals surface area contributed by atoms with Gasteiger partial charge in [0.25, 0.3) is 0 Å². The van der Waals surface area contributed by atoms with Gasteiger partial charge >= 0.3 is 0 Å². The van der Waals surface area contributed by atoms with Gasteiger partial charge in [-0.3, -0.25) is 0 Å². The summed E-state index contributed by atoms with van der Waals surface area (Å²) >= 11 is 0. The molecular weight excluding hydrogens is 210 g/mol. The van der Waals surface area contributed by atoms with Gasteiger partial charge in [0.2, 0.25) is 0 Å². The summed E-state index contributed by atoms with van der Waals surface area (Å²) in [5, 5.41) is 13.5. The molecule has 96 valence electrons. The highest BCUT2D eigenvalue weighted by Gasteiger charge is 2.16. The molecule has 0 spiro atoms. The molecule has 2 unspecified atom stereocenters. The van der Waals surface area contributed by atoms with E-state index in [1.54, 1.807) is 0 Å². The quantitative estimate of drug-likeness (QED) is 0.821. The van der Waals surface area contributed by atoms with Crippen LogP contribution in [0.1, 0.15) is 57.8 Å². The smallest absolute Gasteiger partial charge is 0.0940 e. The number of nitrogens with one attached hydrogen (secondary N) is 1. The Morgan fingerprint density at radius 3 is 1.76 bits per heavy atom. The van der Waals surface area contributed by atoms with Crippen molar-refractivity contribution in [3.8, 4) is 0 Å². The van der Waals surface area contributed by atoms with E-state index in [9.17, 15) is 5.11 Å². The molecule has 0 saturated carbocycles. The molecule has 0 aromatic heterocycles. The van der Waals surface area contributed by atoms with Crippen molar-refractivity contribution < 1.29 is 5.11 Å². The van der Waals surface area contributed by atoms with Gasteiger partial charge in [0, 0.05) is 12.1 Å². The molecule has 0 aliphatic heterocycles. The molecular formula is C15H25NO. The molecule has 0 saturated heterocycles. The van der Waals surface area contributed by atoms with E-state index in [1.807, 2.05) is 19.1 Å². The Morgan fingerprint density at radius 2 is 1.35 bits per heavy atom. The second-order valence-electron chi connectivity index (χ2n) is 5.38.